The Morgan fingerprint density at radius 3 is 1.88 bits per heavy atom. The molecule has 1 saturated heterocycles. The molecule has 1 unspecified atom stereocenters. The lowest BCUT2D eigenvalue weighted by Gasteiger charge is -2.08. The monoisotopic (exact) mass is 465 g/mol. The first-order valence-electron chi connectivity index (χ1n) is 12.6. The normalized spacial score (nSPS) is 20.3. The predicted molar refractivity (Wildman–Crippen MR) is 130 cm³/mol. The van der Waals surface area contributed by atoms with Gasteiger partial charge in [0, 0.05) is 18.5 Å². The molecule has 1 aromatic carbocycles. The van der Waals surface area contributed by atoms with E-state index in [1.54, 1.807) is 16.4 Å². The minimum absolute atomic E-state index is 0.141. The number of hydrogen-bond donors (Lipinski definition) is 0. The van der Waals surface area contributed by atoms with Gasteiger partial charge in [0.05, 0.1) is 12.0 Å². The third-order valence-corrected chi connectivity index (χ3v) is 8.53. The fraction of sp³-hybridized carbons (Fsp3) is 0.731. The molecular formula is C26H43NO4S. The molecule has 0 radical (unpaired) electrons. The van der Waals surface area contributed by atoms with Gasteiger partial charge in [-0.05, 0) is 38.3 Å². The van der Waals surface area contributed by atoms with Crippen LogP contribution in [0.2, 0.25) is 0 Å². The molecule has 1 aliphatic heterocycles. The molecule has 1 fully saturated rings. The van der Waals surface area contributed by atoms with E-state index in [2.05, 4.69) is 11.7 Å². The first-order valence-corrected chi connectivity index (χ1v) is 14.0. The van der Waals surface area contributed by atoms with Crippen LogP contribution in [0, 0.1) is 6.92 Å². The third-order valence-electron chi connectivity index (χ3n) is 6.57. The maximum atomic E-state index is 13.2. The Balaban J connectivity index is 1.83. The molecule has 32 heavy (non-hydrogen) atoms. The number of esters is 1. The SMILES string of the molecule is CCCCCCCC[C@@H]1[C@@H](CCCCCCCC(=O)OC)N1S(=O)(=O)c1ccc(C)cc1. The van der Waals surface area contributed by atoms with Crippen molar-refractivity contribution in [2.75, 3.05) is 7.11 Å². The Bertz CT molecular complexity index is 776. The second kappa shape index (κ2) is 14.0. The Hall–Kier alpha value is -1.40. The zero-order valence-electron chi connectivity index (χ0n) is 20.4. The molecule has 0 amide bonds. The van der Waals surface area contributed by atoms with Gasteiger partial charge in [-0.15, -0.1) is 0 Å². The number of unbranched alkanes of at least 4 members (excludes halogenated alkanes) is 9. The Morgan fingerprint density at radius 1 is 0.844 bits per heavy atom. The molecule has 5 nitrogen and oxygen atoms in total. The number of methoxy groups -OCH3 is 1. The summed E-state index contributed by atoms with van der Waals surface area (Å²) in [5.41, 5.74) is 1.07. The summed E-state index contributed by atoms with van der Waals surface area (Å²) >= 11 is 0. The minimum Gasteiger partial charge on any atom is -0.469 e. The second-order valence-electron chi connectivity index (χ2n) is 9.22. The summed E-state index contributed by atoms with van der Waals surface area (Å²) in [4.78, 5) is 11.6. The van der Waals surface area contributed by atoms with Crippen molar-refractivity contribution in [1.82, 2.24) is 4.31 Å². The molecule has 0 saturated carbocycles. The summed E-state index contributed by atoms with van der Waals surface area (Å²) in [5.74, 6) is -0.141. The Labute approximate surface area is 196 Å². The smallest absolute Gasteiger partial charge is 0.305 e. The summed E-state index contributed by atoms with van der Waals surface area (Å²) in [6.07, 6.45) is 14.9. The van der Waals surface area contributed by atoms with Crippen molar-refractivity contribution in [3.63, 3.8) is 0 Å². The number of sulfonamides is 1. The van der Waals surface area contributed by atoms with Crippen LogP contribution in [0.5, 0.6) is 0 Å². The first kappa shape index (κ1) is 26.8. The van der Waals surface area contributed by atoms with Gasteiger partial charge >= 0.3 is 5.97 Å². The number of nitrogens with zero attached hydrogens (tertiary/aromatic N) is 1. The molecule has 0 N–H and O–H groups in total. The lowest BCUT2D eigenvalue weighted by molar-refractivity contribution is -0.140. The van der Waals surface area contributed by atoms with Crippen LogP contribution in [-0.4, -0.2) is 37.9 Å². The van der Waals surface area contributed by atoms with Gasteiger partial charge in [0.1, 0.15) is 0 Å². The zero-order chi connectivity index (χ0) is 23.4. The number of carbonyl (C=O) groups is 1. The van der Waals surface area contributed by atoms with Gasteiger partial charge in [0.25, 0.3) is 0 Å². The molecule has 1 aromatic rings. The summed E-state index contributed by atoms with van der Waals surface area (Å²) in [7, 11) is -1.99. The zero-order valence-corrected chi connectivity index (χ0v) is 21.2. The summed E-state index contributed by atoms with van der Waals surface area (Å²) in [6.45, 7) is 4.20. The molecule has 3 atom stereocenters. The van der Waals surface area contributed by atoms with E-state index in [1.165, 1.54) is 39.2 Å². The molecule has 0 aliphatic carbocycles. The van der Waals surface area contributed by atoms with Crippen molar-refractivity contribution in [2.24, 2.45) is 0 Å². The maximum absolute atomic E-state index is 13.2. The van der Waals surface area contributed by atoms with E-state index in [1.807, 2.05) is 19.1 Å². The van der Waals surface area contributed by atoms with Gasteiger partial charge in [-0.2, -0.15) is 4.31 Å². The van der Waals surface area contributed by atoms with E-state index in [4.69, 9.17) is 0 Å². The standard InChI is InChI=1S/C26H43NO4S/c1-4-5-6-7-9-12-15-24-25(16-13-10-8-11-14-17-26(28)31-3)27(24)32(29,30)23-20-18-22(2)19-21-23/h18-21,24-25H,4-17H2,1-3H3/t24-,25-,27?/m1/s1. The van der Waals surface area contributed by atoms with Crippen LogP contribution in [-0.2, 0) is 19.6 Å². The van der Waals surface area contributed by atoms with Crippen molar-refractivity contribution in [2.45, 2.75) is 121 Å². The Morgan fingerprint density at radius 2 is 1.34 bits per heavy atom. The number of ether oxygens (including phenoxy) is 1. The van der Waals surface area contributed by atoms with E-state index in [0.717, 1.165) is 56.9 Å². The van der Waals surface area contributed by atoms with Crippen LogP contribution in [0.1, 0.15) is 102 Å². The molecule has 0 spiro atoms. The van der Waals surface area contributed by atoms with Crippen molar-refractivity contribution in [1.29, 1.82) is 0 Å². The highest BCUT2D eigenvalue weighted by molar-refractivity contribution is 7.89. The van der Waals surface area contributed by atoms with Crippen molar-refractivity contribution in [3.8, 4) is 0 Å². The predicted octanol–water partition coefficient (Wildman–Crippen LogP) is 6.39. The van der Waals surface area contributed by atoms with Gasteiger partial charge in [0.15, 0.2) is 0 Å². The van der Waals surface area contributed by atoms with Gasteiger partial charge in [-0.1, -0.05) is 88.8 Å². The topological polar surface area (TPSA) is 63.5 Å². The lowest BCUT2D eigenvalue weighted by Crippen LogP contribution is -2.16. The van der Waals surface area contributed by atoms with Crippen LogP contribution in [0.25, 0.3) is 0 Å². The average Bonchev–Trinajstić information content (AvgIpc) is 3.49. The highest BCUT2D eigenvalue weighted by Gasteiger charge is 2.53. The first-order chi connectivity index (χ1) is 15.4. The fourth-order valence-electron chi connectivity index (χ4n) is 4.53. The number of hydrogen-bond acceptors (Lipinski definition) is 4. The van der Waals surface area contributed by atoms with Crippen LogP contribution >= 0.6 is 0 Å². The van der Waals surface area contributed by atoms with E-state index < -0.39 is 10.0 Å². The largest absolute Gasteiger partial charge is 0.469 e. The summed E-state index contributed by atoms with van der Waals surface area (Å²) in [5, 5.41) is 0. The second-order valence-corrected chi connectivity index (χ2v) is 11.1. The van der Waals surface area contributed by atoms with E-state index >= 15 is 0 Å². The quantitative estimate of drug-likeness (QED) is 0.152. The molecule has 6 heteroatoms. The van der Waals surface area contributed by atoms with Gasteiger partial charge in [-0.3, -0.25) is 4.79 Å². The van der Waals surface area contributed by atoms with Crippen molar-refractivity contribution < 1.29 is 17.9 Å². The fourth-order valence-corrected chi connectivity index (χ4v) is 6.40. The van der Waals surface area contributed by atoms with E-state index in [-0.39, 0.29) is 18.1 Å². The third kappa shape index (κ3) is 8.51. The van der Waals surface area contributed by atoms with Gasteiger partial charge < -0.3 is 4.74 Å². The average molecular weight is 466 g/mol. The molecular weight excluding hydrogens is 422 g/mol. The van der Waals surface area contributed by atoms with Crippen molar-refractivity contribution >= 4 is 16.0 Å². The van der Waals surface area contributed by atoms with E-state index in [9.17, 15) is 13.2 Å². The summed E-state index contributed by atoms with van der Waals surface area (Å²) in [6, 6.07) is 7.54. The molecule has 0 bridgehead atoms. The molecule has 182 valence electrons. The lowest BCUT2D eigenvalue weighted by atomic mass is 10.0. The molecule has 1 aliphatic rings. The number of rotatable bonds is 17. The summed E-state index contributed by atoms with van der Waals surface area (Å²) < 4.78 is 33.0. The van der Waals surface area contributed by atoms with Gasteiger partial charge in [-0.25, -0.2) is 8.42 Å². The van der Waals surface area contributed by atoms with Crippen LogP contribution < -0.4 is 0 Å². The van der Waals surface area contributed by atoms with Crippen molar-refractivity contribution in [3.05, 3.63) is 29.8 Å². The van der Waals surface area contributed by atoms with Crippen LogP contribution in [0.3, 0.4) is 0 Å². The molecule has 0 aromatic heterocycles. The minimum atomic E-state index is -3.41. The molecule has 2 rings (SSSR count). The van der Waals surface area contributed by atoms with E-state index in [0.29, 0.717) is 11.3 Å². The van der Waals surface area contributed by atoms with Crippen LogP contribution in [0.15, 0.2) is 29.2 Å². The highest BCUT2D eigenvalue weighted by atomic mass is 32.2. The number of aryl methyl sites for hydroxylation is 1. The highest BCUT2D eigenvalue weighted by Crippen LogP contribution is 2.41. The number of carbonyl (C=O) groups excluding carboxylic acids is 1. The number of benzene rings is 1. The van der Waals surface area contributed by atoms with Crippen LogP contribution in [0.4, 0.5) is 0 Å². The molecule has 1 heterocycles. The Kier molecular flexibility index (Phi) is 11.7. The maximum Gasteiger partial charge on any atom is 0.305 e. The van der Waals surface area contributed by atoms with Gasteiger partial charge in [0.2, 0.25) is 10.0 Å².